The molecular formula is C16H15FN2O2. The molecule has 1 N–H and O–H groups in total. The zero-order chi connectivity index (χ0) is 15.1. The molecule has 0 atom stereocenters. The number of carbonyl (C=O) groups is 1. The largest absolute Gasteiger partial charge is 0.494 e. The second kappa shape index (κ2) is 7.19. The average Bonchev–Trinajstić information content (AvgIpc) is 2.50. The van der Waals surface area contributed by atoms with Crippen molar-refractivity contribution in [2.75, 3.05) is 6.61 Å². The summed E-state index contributed by atoms with van der Waals surface area (Å²) in [5.41, 5.74) is 3.56. The Labute approximate surface area is 122 Å². The van der Waals surface area contributed by atoms with Gasteiger partial charge in [-0.2, -0.15) is 5.10 Å². The second-order valence-electron chi connectivity index (χ2n) is 4.21. The summed E-state index contributed by atoms with van der Waals surface area (Å²) in [7, 11) is 0. The first-order valence-electron chi connectivity index (χ1n) is 6.51. The number of nitrogens with zero attached hydrogens (tertiary/aromatic N) is 1. The summed E-state index contributed by atoms with van der Waals surface area (Å²) in [6.07, 6.45) is 1.52. The Kier molecular flexibility index (Phi) is 5.04. The van der Waals surface area contributed by atoms with E-state index in [1.165, 1.54) is 30.5 Å². The van der Waals surface area contributed by atoms with Crippen molar-refractivity contribution in [3.63, 3.8) is 0 Å². The summed E-state index contributed by atoms with van der Waals surface area (Å²) in [4.78, 5) is 11.7. The van der Waals surface area contributed by atoms with Gasteiger partial charge in [0.1, 0.15) is 11.6 Å². The fraction of sp³-hybridized carbons (Fsp3) is 0.125. The van der Waals surface area contributed by atoms with Crippen LogP contribution in [0.15, 0.2) is 53.6 Å². The topological polar surface area (TPSA) is 50.7 Å². The minimum absolute atomic E-state index is 0.347. The zero-order valence-electron chi connectivity index (χ0n) is 11.5. The lowest BCUT2D eigenvalue weighted by atomic mass is 10.2. The molecule has 0 aromatic heterocycles. The van der Waals surface area contributed by atoms with Gasteiger partial charge < -0.3 is 4.74 Å². The highest BCUT2D eigenvalue weighted by atomic mass is 19.1. The Balaban J connectivity index is 1.92. The van der Waals surface area contributed by atoms with E-state index in [1.54, 1.807) is 0 Å². The molecule has 0 aliphatic carbocycles. The van der Waals surface area contributed by atoms with Crippen molar-refractivity contribution in [3.05, 3.63) is 65.5 Å². The molecule has 0 aliphatic heterocycles. The first-order valence-corrected chi connectivity index (χ1v) is 6.51. The molecule has 0 bridgehead atoms. The molecule has 0 saturated heterocycles. The molecule has 2 aromatic rings. The van der Waals surface area contributed by atoms with Gasteiger partial charge in [0, 0.05) is 5.56 Å². The lowest BCUT2D eigenvalue weighted by Crippen LogP contribution is -2.17. The number of rotatable bonds is 5. The number of benzene rings is 2. The van der Waals surface area contributed by atoms with Crippen LogP contribution in [0.3, 0.4) is 0 Å². The molecular weight excluding hydrogens is 271 g/mol. The van der Waals surface area contributed by atoms with E-state index in [2.05, 4.69) is 10.5 Å². The Morgan fingerprint density at radius 1 is 1.19 bits per heavy atom. The number of amides is 1. The zero-order valence-corrected chi connectivity index (χ0v) is 11.5. The maximum absolute atomic E-state index is 12.7. The summed E-state index contributed by atoms with van der Waals surface area (Å²) in [5, 5.41) is 3.86. The van der Waals surface area contributed by atoms with Crippen molar-refractivity contribution in [2.45, 2.75) is 6.92 Å². The molecule has 5 heteroatoms. The van der Waals surface area contributed by atoms with Crippen molar-refractivity contribution in [2.24, 2.45) is 5.10 Å². The Bertz CT molecular complexity index is 622. The van der Waals surface area contributed by atoms with Crippen LogP contribution in [0, 0.1) is 5.82 Å². The highest BCUT2D eigenvalue weighted by Crippen LogP contribution is 2.10. The van der Waals surface area contributed by atoms with Crippen molar-refractivity contribution in [3.8, 4) is 5.75 Å². The molecule has 2 aromatic carbocycles. The maximum atomic E-state index is 12.7. The number of ether oxygens (including phenoxy) is 1. The van der Waals surface area contributed by atoms with E-state index in [1.807, 2.05) is 31.2 Å². The van der Waals surface area contributed by atoms with Crippen molar-refractivity contribution in [1.82, 2.24) is 5.43 Å². The van der Waals surface area contributed by atoms with E-state index in [9.17, 15) is 9.18 Å². The molecule has 0 spiro atoms. The number of hydrogen-bond acceptors (Lipinski definition) is 3. The number of hydrogen-bond donors (Lipinski definition) is 1. The quantitative estimate of drug-likeness (QED) is 0.678. The van der Waals surface area contributed by atoms with Gasteiger partial charge in [0.2, 0.25) is 0 Å². The third kappa shape index (κ3) is 4.42. The van der Waals surface area contributed by atoms with Gasteiger partial charge in [-0.3, -0.25) is 4.79 Å². The molecule has 0 aliphatic rings. The van der Waals surface area contributed by atoms with Crippen LogP contribution in [0.5, 0.6) is 5.75 Å². The molecule has 0 unspecified atom stereocenters. The van der Waals surface area contributed by atoms with E-state index in [-0.39, 0.29) is 5.82 Å². The Morgan fingerprint density at radius 3 is 2.48 bits per heavy atom. The number of hydrazone groups is 1. The van der Waals surface area contributed by atoms with Crippen LogP contribution in [-0.4, -0.2) is 18.7 Å². The predicted molar refractivity (Wildman–Crippen MR) is 79.1 cm³/mol. The van der Waals surface area contributed by atoms with Crippen molar-refractivity contribution >= 4 is 12.1 Å². The smallest absolute Gasteiger partial charge is 0.271 e. The molecule has 0 heterocycles. The average molecular weight is 286 g/mol. The van der Waals surface area contributed by atoms with Gasteiger partial charge in [0.15, 0.2) is 0 Å². The fourth-order valence-corrected chi connectivity index (χ4v) is 1.65. The predicted octanol–water partition coefficient (Wildman–Crippen LogP) is 2.99. The van der Waals surface area contributed by atoms with Gasteiger partial charge >= 0.3 is 0 Å². The Hall–Kier alpha value is -2.69. The van der Waals surface area contributed by atoms with Crippen LogP contribution in [-0.2, 0) is 0 Å². The monoisotopic (exact) mass is 286 g/mol. The van der Waals surface area contributed by atoms with E-state index < -0.39 is 5.91 Å². The summed E-state index contributed by atoms with van der Waals surface area (Å²) in [5.74, 6) is 0.00613. The van der Waals surface area contributed by atoms with Gasteiger partial charge in [-0.15, -0.1) is 0 Å². The first kappa shape index (κ1) is 14.7. The van der Waals surface area contributed by atoms with E-state index >= 15 is 0 Å². The molecule has 4 nitrogen and oxygen atoms in total. The van der Waals surface area contributed by atoms with Crippen LogP contribution >= 0.6 is 0 Å². The second-order valence-corrected chi connectivity index (χ2v) is 4.21. The van der Waals surface area contributed by atoms with E-state index in [0.717, 1.165) is 11.3 Å². The highest BCUT2D eigenvalue weighted by Gasteiger charge is 2.03. The normalized spacial score (nSPS) is 10.6. The molecule has 2 rings (SSSR count). The minimum Gasteiger partial charge on any atom is -0.494 e. The van der Waals surface area contributed by atoms with Gasteiger partial charge in [0.05, 0.1) is 12.8 Å². The molecule has 0 radical (unpaired) electrons. The highest BCUT2D eigenvalue weighted by molar-refractivity contribution is 5.94. The molecule has 108 valence electrons. The number of halogens is 1. The fourth-order valence-electron chi connectivity index (χ4n) is 1.65. The molecule has 1 amide bonds. The number of carbonyl (C=O) groups excluding carboxylic acids is 1. The van der Waals surface area contributed by atoms with Crippen LogP contribution in [0.4, 0.5) is 4.39 Å². The van der Waals surface area contributed by atoms with E-state index in [0.29, 0.717) is 12.2 Å². The summed E-state index contributed by atoms with van der Waals surface area (Å²) in [6, 6.07) is 12.6. The minimum atomic E-state index is -0.391. The van der Waals surface area contributed by atoms with Crippen molar-refractivity contribution in [1.29, 1.82) is 0 Å². The van der Waals surface area contributed by atoms with E-state index in [4.69, 9.17) is 4.74 Å². The summed E-state index contributed by atoms with van der Waals surface area (Å²) < 4.78 is 18.1. The molecule has 0 fully saturated rings. The lowest BCUT2D eigenvalue weighted by Gasteiger charge is -2.02. The third-order valence-electron chi connectivity index (χ3n) is 2.68. The van der Waals surface area contributed by atoms with Crippen LogP contribution in [0.25, 0.3) is 0 Å². The van der Waals surface area contributed by atoms with Crippen molar-refractivity contribution < 1.29 is 13.9 Å². The number of nitrogens with one attached hydrogen (secondary N) is 1. The van der Waals surface area contributed by atoms with Crippen LogP contribution in [0.2, 0.25) is 0 Å². The maximum Gasteiger partial charge on any atom is 0.271 e. The van der Waals surface area contributed by atoms with Gasteiger partial charge in [0.25, 0.3) is 5.91 Å². The van der Waals surface area contributed by atoms with Gasteiger partial charge in [-0.1, -0.05) is 0 Å². The SMILES string of the molecule is CCOc1ccc(/C=N/NC(=O)c2ccc(F)cc2)cc1. The summed E-state index contributed by atoms with van der Waals surface area (Å²) in [6.45, 7) is 2.53. The van der Waals surface area contributed by atoms with Crippen LogP contribution in [0.1, 0.15) is 22.8 Å². The molecule has 21 heavy (non-hydrogen) atoms. The first-order chi connectivity index (χ1) is 10.2. The third-order valence-corrected chi connectivity index (χ3v) is 2.68. The van der Waals surface area contributed by atoms with Gasteiger partial charge in [-0.05, 0) is 61.0 Å². The Morgan fingerprint density at radius 2 is 1.86 bits per heavy atom. The standard InChI is InChI=1S/C16H15FN2O2/c1-2-21-15-9-3-12(4-10-15)11-18-19-16(20)13-5-7-14(17)8-6-13/h3-11H,2H2,1H3,(H,19,20)/b18-11+. The lowest BCUT2D eigenvalue weighted by molar-refractivity contribution is 0.0955. The summed E-state index contributed by atoms with van der Waals surface area (Å²) >= 11 is 0. The van der Waals surface area contributed by atoms with Gasteiger partial charge in [-0.25, -0.2) is 9.82 Å². The van der Waals surface area contributed by atoms with Crippen LogP contribution < -0.4 is 10.2 Å². The molecule has 0 saturated carbocycles.